The van der Waals surface area contributed by atoms with Crippen LogP contribution in [0.5, 0.6) is 0 Å². The smallest absolute Gasteiger partial charge is 0.307 e. The molecule has 1 aromatic heterocycles. The molecule has 6 nitrogen and oxygen atoms in total. The van der Waals surface area contributed by atoms with Crippen LogP contribution in [-0.2, 0) is 28.0 Å². The van der Waals surface area contributed by atoms with Gasteiger partial charge < -0.3 is 5.32 Å². The fraction of sp³-hybridized carbons (Fsp3) is 0.600. The fourth-order valence-corrected chi connectivity index (χ4v) is 4.05. The third-order valence-electron chi connectivity index (χ3n) is 3.31. The molecule has 1 atom stereocenters. The van der Waals surface area contributed by atoms with E-state index in [2.05, 4.69) is 10.3 Å². The zero-order chi connectivity index (χ0) is 13.6. The highest BCUT2D eigenvalue weighted by atomic mass is 32.3. The average molecular weight is 305 g/mol. The highest BCUT2D eigenvalue weighted by molar-refractivity contribution is 7.87. The molecule has 0 saturated carbocycles. The first-order valence-corrected chi connectivity index (χ1v) is 8.14. The minimum absolute atomic E-state index is 0.141. The molecule has 1 fully saturated rings. The van der Waals surface area contributed by atoms with E-state index >= 15 is 0 Å². The molecule has 0 radical (unpaired) electrons. The van der Waals surface area contributed by atoms with Gasteiger partial charge in [0.15, 0.2) is 5.13 Å². The van der Waals surface area contributed by atoms with E-state index in [4.69, 9.17) is 0 Å². The van der Waals surface area contributed by atoms with Crippen molar-refractivity contribution in [2.75, 3.05) is 18.0 Å². The van der Waals surface area contributed by atoms with Crippen LogP contribution in [-0.4, -0.2) is 37.6 Å². The van der Waals surface area contributed by atoms with Crippen molar-refractivity contribution in [3.63, 3.8) is 0 Å². The number of halogens is 1. The van der Waals surface area contributed by atoms with Crippen LogP contribution >= 0.6 is 11.3 Å². The second-order valence-corrected chi connectivity index (χ2v) is 7.28. The normalized spacial score (nSPS) is 23.7. The highest BCUT2D eigenvalue weighted by Gasteiger charge is 2.40. The number of fused-ring (bicyclic) bond motifs is 1. The molecule has 2 aliphatic rings. The minimum atomic E-state index is -4.68. The van der Waals surface area contributed by atoms with Crippen LogP contribution in [0, 0.1) is 0 Å². The van der Waals surface area contributed by atoms with Gasteiger partial charge in [-0.15, -0.1) is 3.89 Å². The first kappa shape index (κ1) is 12.9. The van der Waals surface area contributed by atoms with Crippen molar-refractivity contribution < 1.29 is 17.1 Å². The Morgan fingerprint density at radius 1 is 1.47 bits per heavy atom. The number of anilines is 1. The third kappa shape index (κ3) is 2.37. The number of nitrogens with zero attached hydrogens (tertiary/aromatic N) is 2. The van der Waals surface area contributed by atoms with Crippen LogP contribution < -0.4 is 10.2 Å². The predicted molar refractivity (Wildman–Crippen MR) is 68.3 cm³/mol. The summed E-state index contributed by atoms with van der Waals surface area (Å²) in [6, 6.07) is 0. The summed E-state index contributed by atoms with van der Waals surface area (Å²) in [6.45, 7) is 1.41. The van der Waals surface area contributed by atoms with E-state index < -0.39 is 15.5 Å². The number of carbonyl (C=O) groups excluding carboxylic acids is 1. The molecule has 1 saturated heterocycles. The molecule has 0 spiro atoms. The summed E-state index contributed by atoms with van der Waals surface area (Å²) in [6.07, 6.45) is 0.486. The molecule has 1 amide bonds. The molecular formula is C10H12FN3O3S2. The first-order chi connectivity index (χ1) is 8.95. The van der Waals surface area contributed by atoms with Crippen molar-refractivity contribution >= 4 is 32.6 Å². The quantitative estimate of drug-likeness (QED) is 0.789. The Labute approximate surface area is 113 Å². The maximum Gasteiger partial charge on any atom is 0.307 e. The van der Waals surface area contributed by atoms with E-state index in [-0.39, 0.29) is 18.9 Å². The van der Waals surface area contributed by atoms with Gasteiger partial charge in [-0.25, -0.2) is 4.98 Å². The van der Waals surface area contributed by atoms with Gasteiger partial charge in [0, 0.05) is 37.4 Å². The highest BCUT2D eigenvalue weighted by Crippen LogP contribution is 2.32. The molecule has 0 aliphatic carbocycles. The summed E-state index contributed by atoms with van der Waals surface area (Å²) in [5.41, 5.74) is 0.943. The molecule has 104 valence electrons. The number of carbonyl (C=O) groups is 1. The SMILES string of the molecule is O=C1CC(S(=O)(=O)F)CN1c1nc2c(s1)CNCC2. The van der Waals surface area contributed by atoms with E-state index in [1.165, 1.54) is 16.2 Å². The number of thiazole rings is 1. The Hall–Kier alpha value is -1.06. The second-order valence-electron chi connectivity index (χ2n) is 4.60. The zero-order valence-electron chi connectivity index (χ0n) is 9.93. The van der Waals surface area contributed by atoms with Crippen LogP contribution in [0.1, 0.15) is 17.0 Å². The Balaban J connectivity index is 1.87. The maximum atomic E-state index is 12.9. The molecule has 19 heavy (non-hydrogen) atoms. The minimum Gasteiger partial charge on any atom is -0.311 e. The topological polar surface area (TPSA) is 79.4 Å². The number of rotatable bonds is 2. The lowest BCUT2D eigenvalue weighted by atomic mass is 10.2. The van der Waals surface area contributed by atoms with Crippen molar-refractivity contribution in [2.24, 2.45) is 0 Å². The molecule has 9 heteroatoms. The van der Waals surface area contributed by atoms with Gasteiger partial charge in [0.25, 0.3) is 0 Å². The summed E-state index contributed by atoms with van der Waals surface area (Å²) in [5, 5.41) is 2.41. The van der Waals surface area contributed by atoms with E-state index in [0.717, 1.165) is 23.5 Å². The summed E-state index contributed by atoms with van der Waals surface area (Å²) >= 11 is 1.36. The van der Waals surface area contributed by atoms with Gasteiger partial charge >= 0.3 is 10.2 Å². The standard InChI is InChI=1S/C10H12FN3O3S2/c11-19(16,17)6-3-9(15)14(5-6)10-13-7-1-2-12-4-8(7)18-10/h6,12H,1-5H2. The fourth-order valence-electron chi connectivity index (χ4n) is 2.28. The monoisotopic (exact) mass is 305 g/mol. The van der Waals surface area contributed by atoms with E-state index in [9.17, 15) is 17.1 Å². The molecule has 3 rings (SSSR count). The third-order valence-corrected chi connectivity index (χ3v) is 5.54. The maximum absolute atomic E-state index is 12.9. The Bertz CT molecular complexity index is 604. The van der Waals surface area contributed by atoms with Crippen molar-refractivity contribution in [3.8, 4) is 0 Å². The van der Waals surface area contributed by atoms with Crippen molar-refractivity contribution in [1.82, 2.24) is 10.3 Å². The van der Waals surface area contributed by atoms with Gasteiger partial charge in [-0.3, -0.25) is 9.69 Å². The summed E-state index contributed by atoms with van der Waals surface area (Å²) < 4.78 is 34.7. The zero-order valence-corrected chi connectivity index (χ0v) is 11.6. The van der Waals surface area contributed by atoms with Gasteiger partial charge in [0.05, 0.1) is 5.69 Å². The molecule has 1 N–H and O–H groups in total. The Kier molecular flexibility index (Phi) is 3.06. The largest absolute Gasteiger partial charge is 0.311 e. The number of hydrogen-bond acceptors (Lipinski definition) is 6. The molecule has 3 heterocycles. The Morgan fingerprint density at radius 2 is 2.26 bits per heavy atom. The van der Waals surface area contributed by atoms with E-state index in [1.807, 2.05) is 0 Å². The van der Waals surface area contributed by atoms with Crippen molar-refractivity contribution in [2.45, 2.75) is 24.6 Å². The van der Waals surface area contributed by atoms with Gasteiger partial charge in [-0.2, -0.15) is 8.42 Å². The van der Waals surface area contributed by atoms with Gasteiger partial charge in [-0.05, 0) is 0 Å². The number of nitrogens with one attached hydrogen (secondary N) is 1. The summed E-state index contributed by atoms with van der Waals surface area (Å²) in [5.74, 6) is -0.384. The lowest BCUT2D eigenvalue weighted by Gasteiger charge is -2.11. The molecule has 0 bridgehead atoms. The van der Waals surface area contributed by atoms with Gasteiger partial charge in [0.1, 0.15) is 5.25 Å². The summed E-state index contributed by atoms with van der Waals surface area (Å²) in [4.78, 5) is 18.5. The predicted octanol–water partition coefficient (Wildman–Crippen LogP) is 0.193. The van der Waals surface area contributed by atoms with Crippen molar-refractivity contribution in [3.05, 3.63) is 10.6 Å². The number of hydrogen-bond donors (Lipinski definition) is 1. The lowest BCUT2D eigenvalue weighted by Crippen LogP contribution is -2.26. The number of aromatic nitrogens is 1. The molecule has 1 unspecified atom stereocenters. The van der Waals surface area contributed by atoms with Crippen LogP contribution in [0.3, 0.4) is 0 Å². The van der Waals surface area contributed by atoms with Crippen LogP contribution in [0.4, 0.5) is 9.02 Å². The van der Waals surface area contributed by atoms with Crippen molar-refractivity contribution in [1.29, 1.82) is 0 Å². The second kappa shape index (κ2) is 4.50. The summed E-state index contributed by atoms with van der Waals surface area (Å²) in [7, 11) is -4.68. The Morgan fingerprint density at radius 3 is 2.89 bits per heavy atom. The van der Waals surface area contributed by atoms with Gasteiger partial charge in [0.2, 0.25) is 5.91 Å². The lowest BCUT2D eigenvalue weighted by molar-refractivity contribution is -0.117. The molecular weight excluding hydrogens is 293 g/mol. The molecule has 1 aromatic rings. The van der Waals surface area contributed by atoms with Gasteiger partial charge in [-0.1, -0.05) is 11.3 Å². The van der Waals surface area contributed by atoms with E-state index in [0.29, 0.717) is 11.7 Å². The van der Waals surface area contributed by atoms with E-state index in [1.54, 1.807) is 0 Å². The molecule has 2 aliphatic heterocycles. The average Bonchev–Trinajstić information content (AvgIpc) is 2.90. The van der Waals surface area contributed by atoms with Crippen LogP contribution in [0.25, 0.3) is 0 Å². The number of amides is 1. The van der Waals surface area contributed by atoms with Crippen LogP contribution in [0.15, 0.2) is 0 Å². The van der Waals surface area contributed by atoms with Crippen LogP contribution in [0.2, 0.25) is 0 Å². The first-order valence-electron chi connectivity index (χ1n) is 5.88. The molecule has 0 aromatic carbocycles.